The molecule has 0 bridgehead atoms. The number of furan rings is 1. The van der Waals surface area contributed by atoms with Crippen LogP contribution < -0.4 is 4.74 Å². The fourth-order valence-electron chi connectivity index (χ4n) is 1.90. The molecule has 0 spiro atoms. The van der Waals surface area contributed by atoms with Crippen molar-refractivity contribution in [2.45, 2.75) is 6.92 Å². The van der Waals surface area contributed by atoms with Crippen LogP contribution in [0.4, 0.5) is 0 Å². The number of carbonyl (C=O) groups excluding carboxylic acids is 1. The van der Waals surface area contributed by atoms with E-state index in [4.69, 9.17) is 9.15 Å². The molecule has 0 fully saturated rings. The first-order chi connectivity index (χ1) is 9.24. The Morgan fingerprint density at radius 1 is 1.05 bits per heavy atom. The Kier molecular flexibility index (Phi) is 2.80. The van der Waals surface area contributed by atoms with E-state index >= 15 is 0 Å². The second kappa shape index (κ2) is 4.61. The van der Waals surface area contributed by atoms with E-state index in [0.29, 0.717) is 11.3 Å². The van der Waals surface area contributed by atoms with E-state index < -0.39 is 5.97 Å². The molecule has 2 aromatic carbocycles. The van der Waals surface area contributed by atoms with Gasteiger partial charge >= 0.3 is 5.97 Å². The number of benzene rings is 2. The molecule has 3 aromatic rings. The molecule has 1 aromatic heterocycles. The molecule has 0 aliphatic heterocycles. The van der Waals surface area contributed by atoms with Crippen LogP contribution >= 0.6 is 0 Å². The van der Waals surface area contributed by atoms with Crippen LogP contribution in [0.15, 0.2) is 59.0 Å². The third-order valence-corrected chi connectivity index (χ3v) is 2.92. The van der Waals surface area contributed by atoms with Gasteiger partial charge in [0.15, 0.2) is 0 Å². The molecule has 0 N–H and O–H groups in total. The summed E-state index contributed by atoms with van der Waals surface area (Å²) >= 11 is 0. The summed E-state index contributed by atoms with van der Waals surface area (Å²) in [6.45, 7) is 1.89. The first kappa shape index (κ1) is 11.5. The number of hydrogen-bond acceptors (Lipinski definition) is 3. The molecule has 0 aliphatic rings. The van der Waals surface area contributed by atoms with Crippen molar-refractivity contribution < 1.29 is 13.9 Å². The first-order valence-electron chi connectivity index (χ1n) is 6.00. The molecule has 94 valence electrons. The zero-order chi connectivity index (χ0) is 13.2. The molecule has 3 heteroatoms. The Balaban J connectivity index is 1.90. The monoisotopic (exact) mass is 252 g/mol. The summed E-state index contributed by atoms with van der Waals surface area (Å²) in [5.74, 6) is 0.280. The van der Waals surface area contributed by atoms with E-state index in [0.717, 1.165) is 10.9 Å². The Morgan fingerprint density at radius 3 is 2.58 bits per heavy atom. The van der Waals surface area contributed by atoms with Gasteiger partial charge in [-0.15, -0.1) is 0 Å². The summed E-state index contributed by atoms with van der Waals surface area (Å²) < 4.78 is 10.8. The van der Waals surface area contributed by atoms with Gasteiger partial charge in [0, 0.05) is 5.39 Å². The van der Waals surface area contributed by atoms with E-state index in [-0.39, 0.29) is 5.76 Å². The van der Waals surface area contributed by atoms with Crippen LogP contribution in [0.3, 0.4) is 0 Å². The molecule has 3 rings (SSSR count). The van der Waals surface area contributed by atoms with Crippen molar-refractivity contribution in [3.05, 3.63) is 65.9 Å². The van der Waals surface area contributed by atoms with Gasteiger partial charge in [-0.25, -0.2) is 4.79 Å². The lowest BCUT2D eigenvalue weighted by Crippen LogP contribution is -2.07. The van der Waals surface area contributed by atoms with Gasteiger partial charge in [-0.1, -0.05) is 36.4 Å². The first-order valence-corrected chi connectivity index (χ1v) is 6.00. The van der Waals surface area contributed by atoms with Gasteiger partial charge in [-0.2, -0.15) is 0 Å². The maximum Gasteiger partial charge on any atom is 0.379 e. The molecule has 19 heavy (non-hydrogen) atoms. The minimum Gasteiger partial charge on any atom is -0.449 e. The quantitative estimate of drug-likeness (QED) is 0.512. The summed E-state index contributed by atoms with van der Waals surface area (Å²) in [5, 5.41) is 0.888. The Bertz CT molecular complexity index is 707. The highest BCUT2D eigenvalue weighted by molar-refractivity contribution is 5.93. The van der Waals surface area contributed by atoms with Crippen LogP contribution in [-0.4, -0.2) is 5.97 Å². The minimum absolute atomic E-state index is 0.212. The average molecular weight is 252 g/mol. The number of aryl methyl sites for hydroxylation is 1. The molecule has 0 unspecified atom stereocenters. The molecule has 0 aliphatic carbocycles. The summed E-state index contributed by atoms with van der Waals surface area (Å²) in [7, 11) is 0. The van der Waals surface area contributed by atoms with Gasteiger partial charge in [-0.3, -0.25) is 0 Å². The van der Waals surface area contributed by atoms with Crippen molar-refractivity contribution in [3.8, 4) is 5.75 Å². The lowest BCUT2D eigenvalue weighted by molar-refractivity contribution is 0.0702. The van der Waals surface area contributed by atoms with Gasteiger partial charge in [0.25, 0.3) is 0 Å². The van der Waals surface area contributed by atoms with Gasteiger partial charge in [0.05, 0.1) is 0 Å². The van der Waals surface area contributed by atoms with E-state index in [9.17, 15) is 4.79 Å². The smallest absolute Gasteiger partial charge is 0.379 e. The zero-order valence-corrected chi connectivity index (χ0v) is 10.4. The predicted octanol–water partition coefficient (Wildman–Crippen LogP) is 3.96. The van der Waals surface area contributed by atoms with Crippen LogP contribution in [0, 0.1) is 6.92 Å². The Hall–Kier alpha value is -2.55. The second-order valence-corrected chi connectivity index (χ2v) is 4.30. The Labute approximate surface area is 110 Å². The third-order valence-electron chi connectivity index (χ3n) is 2.92. The molecule has 3 nitrogen and oxygen atoms in total. The molecule has 0 radical (unpaired) electrons. The van der Waals surface area contributed by atoms with Crippen molar-refractivity contribution in [2.24, 2.45) is 0 Å². The van der Waals surface area contributed by atoms with Crippen LogP contribution in [0.2, 0.25) is 0 Å². The SMILES string of the molecule is Cc1ccccc1OC(=O)c1cc2ccccc2o1. The number of para-hydroxylation sites is 2. The van der Waals surface area contributed by atoms with E-state index in [1.807, 2.05) is 49.4 Å². The lowest BCUT2D eigenvalue weighted by Gasteiger charge is -2.04. The Morgan fingerprint density at radius 2 is 1.79 bits per heavy atom. The number of carbonyl (C=O) groups is 1. The van der Waals surface area contributed by atoms with Gasteiger partial charge < -0.3 is 9.15 Å². The normalized spacial score (nSPS) is 10.6. The summed E-state index contributed by atoms with van der Waals surface area (Å²) in [5.41, 5.74) is 1.59. The minimum atomic E-state index is -0.481. The van der Waals surface area contributed by atoms with E-state index in [2.05, 4.69) is 0 Å². The molecule has 0 saturated heterocycles. The summed E-state index contributed by atoms with van der Waals surface area (Å²) in [4.78, 5) is 12.0. The van der Waals surface area contributed by atoms with Gasteiger partial charge in [0.2, 0.25) is 5.76 Å². The standard InChI is InChI=1S/C16H12O3/c1-11-6-2-4-8-13(11)19-16(17)15-10-12-7-3-5-9-14(12)18-15/h2-10H,1H3. The highest BCUT2D eigenvalue weighted by Crippen LogP contribution is 2.22. The summed E-state index contributed by atoms with van der Waals surface area (Å²) in [6, 6.07) is 16.5. The number of rotatable bonds is 2. The van der Waals surface area contributed by atoms with Crippen LogP contribution in [0.1, 0.15) is 16.1 Å². The lowest BCUT2D eigenvalue weighted by atomic mass is 10.2. The molecule has 0 saturated carbocycles. The van der Waals surface area contributed by atoms with Crippen molar-refractivity contribution >= 4 is 16.9 Å². The highest BCUT2D eigenvalue weighted by atomic mass is 16.5. The van der Waals surface area contributed by atoms with Gasteiger partial charge in [-0.05, 0) is 30.7 Å². The third kappa shape index (κ3) is 2.22. The second-order valence-electron chi connectivity index (χ2n) is 4.30. The largest absolute Gasteiger partial charge is 0.449 e. The number of hydrogen-bond donors (Lipinski definition) is 0. The maximum atomic E-state index is 12.0. The fourth-order valence-corrected chi connectivity index (χ4v) is 1.90. The highest BCUT2D eigenvalue weighted by Gasteiger charge is 2.15. The van der Waals surface area contributed by atoms with Gasteiger partial charge in [0.1, 0.15) is 11.3 Å². The van der Waals surface area contributed by atoms with Crippen LogP contribution in [0.5, 0.6) is 5.75 Å². The van der Waals surface area contributed by atoms with E-state index in [1.165, 1.54) is 0 Å². The number of fused-ring (bicyclic) bond motifs is 1. The number of ether oxygens (including phenoxy) is 1. The van der Waals surface area contributed by atoms with Crippen molar-refractivity contribution in [2.75, 3.05) is 0 Å². The van der Waals surface area contributed by atoms with Crippen LogP contribution in [-0.2, 0) is 0 Å². The molecule has 0 atom stereocenters. The zero-order valence-electron chi connectivity index (χ0n) is 10.4. The molecule has 0 amide bonds. The molecular formula is C16H12O3. The molecule has 1 heterocycles. The van der Waals surface area contributed by atoms with Crippen molar-refractivity contribution in [1.29, 1.82) is 0 Å². The van der Waals surface area contributed by atoms with E-state index in [1.54, 1.807) is 12.1 Å². The predicted molar refractivity (Wildman–Crippen MR) is 72.4 cm³/mol. The van der Waals surface area contributed by atoms with Crippen molar-refractivity contribution in [3.63, 3.8) is 0 Å². The topological polar surface area (TPSA) is 39.4 Å². The fraction of sp³-hybridized carbons (Fsp3) is 0.0625. The average Bonchev–Trinajstić information content (AvgIpc) is 2.85. The molecular weight excluding hydrogens is 240 g/mol. The maximum absolute atomic E-state index is 12.0. The summed E-state index contributed by atoms with van der Waals surface area (Å²) in [6.07, 6.45) is 0. The van der Waals surface area contributed by atoms with Crippen molar-refractivity contribution in [1.82, 2.24) is 0 Å². The van der Waals surface area contributed by atoms with Crippen LogP contribution in [0.25, 0.3) is 11.0 Å². The number of esters is 1.